The van der Waals surface area contributed by atoms with Crippen molar-refractivity contribution in [1.82, 2.24) is 0 Å². The highest BCUT2D eigenvalue weighted by Gasteiger charge is 2.33. The van der Waals surface area contributed by atoms with Gasteiger partial charge in [-0.2, -0.15) is 11.8 Å². The Labute approximate surface area is 79.6 Å². The van der Waals surface area contributed by atoms with Crippen LogP contribution in [0.4, 0.5) is 0 Å². The lowest BCUT2D eigenvalue weighted by Gasteiger charge is -2.11. The first-order chi connectivity index (χ1) is 5.16. The number of rotatable bonds is 2. The van der Waals surface area contributed by atoms with E-state index < -0.39 is 11.2 Å². The molecular weight excluding hydrogens is 196 g/mol. The first-order valence-electron chi connectivity index (χ1n) is 3.40. The molecule has 0 radical (unpaired) electrons. The average molecular weight is 208 g/mol. The van der Waals surface area contributed by atoms with E-state index >= 15 is 0 Å². The third-order valence-electron chi connectivity index (χ3n) is 1.65. The summed E-state index contributed by atoms with van der Waals surface area (Å²) in [6, 6.07) is 0. The lowest BCUT2D eigenvalue weighted by atomic mass is 10.6. The Hall–Kier alpha value is 0.750. The predicted octanol–water partition coefficient (Wildman–Crippen LogP) is 2.42. The van der Waals surface area contributed by atoms with Gasteiger partial charge in [0.1, 0.15) is 4.91 Å². The van der Waals surface area contributed by atoms with Crippen molar-refractivity contribution in [2.24, 2.45) is 0 Å². The Balaban J connectivity index is 2.55. The van der Waals surface area contributed by atoms with Crippen LogP contribution in [-0.4, -0.2) is 21.1 Å². The van der Waals surface area contributed by atoms with E-state index in [4.69, 9.17) is 0 Å². The van der Waals surface area contributed by atoms with Crippen molar-refractivity contribution in [2.45, 2.75) is 18.4 Å². The quantitative estimate of drug-likeness (QED) is 0.651. The monoisotopic (exact) mass is 208 g/mol. The molecule has 1 heterocycles. The van der Waals surface area contributed by atoms with E-state index in [9.17, 15) is 4.55 Å². The number of thioether (sulfide) groups is 2. The van der Waals surface area contributed by atoms with Crippen LogP contribution in [0.25, 0.3) is 0 Å². The van der Waals surface area contributed by atoms with Crippen LogP contribution < -0.4 is 0 Å². The van der Waals surface area contributed by atoms with Gasteiger partial charge in [0.25, 0.3) is 0 Å². The molecule has 2 unspecified atom stereocenters. The molecule has 0 saturated heterocycles. The number of allylic oxidation sites excluding steroid dienone is 2. The molecule has 1 aliphatic heterocycles. The summed E-state index contributed by atoms with van der Waals surface area (Å²) in [7, 11) is 0. The maximum atomic E-state index is 11.5. The van der Waals surface area contributed by atoms with Gasteiger partial charge in [-0.1, -0.05) is 11.8 Å². The molecule has 4 heteroatoms. The van der Waals surface area contributed by atoms with Crippen LogP contribution in [0.1, 0.15) is 13.8 Å². The van der Waals surface area contributed by atoms with Gasteiger partial charge in [-0.3, -0.25) is 0 Å². The van der Waals surface area contributed by atoms with Gasteiger partial charge in [-0.05, 0) is 24.4 Å². The van der Waals surface area contributed by atoms with Crippen molar-refractivity contribution in [3.05, 3.63) is 9.81 Å². The fourth-order valence-corrected chi connectivity index (χ4v) is 5.59. The normalized spacial score (nSPS) is 31.6. The van der Waals surface area contributed by atoms with Crippen LogP contribution >= 0.6 is 23.5 Å². The van der Waals surface area contributed by atoms with Crippen molar-refractivity contribution in [3.8, 4) is 0 Å². The van der Waals surface area contributed by atoms with E-state index in [1.54, 1.807) is 23.5 Å². The van der Waals surface area contributed by atoms with Crippen LogP contribution in [0.5, 0.6) is 0 Å². The minimum atomic E-state index is -0.714. The summed E-state index contributed by atoms with van der Waals surface area (Å²) in [6.45, 7) is 4.02. The molecule has 64 valence electrons. The first-order valence-corrected chi connectivity index (χ1v) is 6.89. The summed E-state index contributed by atoms with van der Waals surface area (Å²) in [4.78, 5) is 2.33. The molecule has 1 aliphatic rings. The maximum Gasteiger partial charge on any atom is 0.179 e. The smallest absolute Gasteiger partial charge is 0.179 e. The van der Waals surface area contributed by atoms with E-state index in [1.165, 1.54) is 4.91 Å². The molecule has 1 rings (SSSR count). The van der Waals surface area contributed by atoms with E-state index in [2.05, 4.69) is 13.2 Å². The second-order valence-electron chi connectivity index (χ2n) is 2.41. The Bertz CT molecular complexity index is 179. The minimum absolute atomic E-state index is 0.310. The second kappa shape index (κ2) is 4.12. The van der Waals surface area contributed by atoms with Crippen molar-refractivity contribution in [1.29, 1.82) is 0 Å². The molecule has 0 fully saturated rings. The van der Waals surface area contributed by atoms with Crippen LogP contribution in [0.3, 0.4) is 0 Å². The largest absolute Gasteiger partial charge is 0.611 e. The van der Waals surface area contributed by atoms with Gasteiger partial charge >= 0.3 is 0 Å². The van der Waals surface area contributed by atoms with Crippen molar-refractivity contribution in [3.63, 3.8) is 0 Å². The Morgan fingerprint density at radius 1 is 1.64 bits per heavy atom. The molecule has 0 aliphatic carbocycles. The molecule has 0 aromatic heterocycles. The minimum Gasteiger partial charge on any atom is -0.611 e. The van der Waals surface area contributed by atoms with Gasteiger partial charge < -0.3 is 4.55 Å². The van der Waals surface area contributed by atoms with E-state index in [1.807, 2.05) is 6.92 Å². The third-order valence-corrected chi connectivity index (χ3v) is 6.32. The topological polar surface area (TPSA) is 23.1 Å². The summed E-state index contributed by atoms with van der Waals surface area (Å²) >= 11 is 2.82. The van der Waals surface area contributed by atoms with Crippen molar-refractivity contribution in [2.75, 3.05) is 12.0 Å². The lowest BCUT2D eigenvalue weighted by molar-refractivity contribution is 0.601. The Kier molecular flexibility index (Phi) is 3.68. The van der Waals surface area contributed by atoms with Crippen molar-refractivity contribution >= 4 is 34.7 Å². The van der Waals surface area contributed by atoms with Crippen LogP contribution in [0, 0.1) is 0 Å². The Morgan fingerprint density at radius 3 is 2.64 bits per heavy atom. The van der Waals surface area contributed by atoms with E-state index in [0.717, 1.165) is 10.7 Å². The molecule has 0 N–H and O–H groups in total. The van der Waals surface area contributed by atoms with Gasteiger partial charge in [0, 0.05) is 11.8 Å². The molecule has 11 heavy (non-hydrogen) atoms. The summed E-state index contributed by atoms with van der Waals surface area (Å²) < 4.78 is 11.8. The molecule has 0 aromatic carbocycles. The zero-order valence-corrected chi connectivity index (χ0v) is 9.37. The van der Waals surface area contributed by atoms with E-state index in [-0.39, 0.29) is 0 Å². The SMILES string of the molecule is CSCC1SC(C)=C(C)[S+]1[O-]. The highest BCUT2D eigenvalue weighted by molar-refractivity contribution is 8.20. The van der Waals surface area contributed by atoms with Gasteiger partial charge in [-0.15, -0.1) is 0 Å². The molecule has 2 atom stereocenters. The molecule has 0 bridgehead atoms. The van der Waals surface area contributed by atoms with Crippen LogP contribution in [-0.2, 0) is 11.2 Å². The third kappa shape index (κ3) is 2.11. The van der Waals surface area contributed by atoms with Crippen molar-refractivity contribution < 1.29 is 4.55 Å². The zero-order valence-electron chi connectivity index (χ0n) is 6.92. The summed E-state index contributed by atoms with van der Waals surface area (Å²) in [5, 5.41) is 0. The highest BCUT2D eigenvalue weighted by Crippen LogP contribution is 2.41. The molecule has 1 nitrogen and oxygen atoms in total. The summed E-state index contributed by atoms with van der Waals surface area (Å²) in [5.41, 5.74) is 0. The maximum absolute atomic E-state index is 11.5. The summed E-state index contributed by atoms with van der Waals surface area (Å²) in [5.74, 6) is 0.992. The average Bonchev–Trinajstić information content (AvgIpc) is 2.19. The van der Waals surface area contributed by atoms with Gasteiger partial charge in [0.05, 0.1) is 5.75 Å². The fraction of sp³-hybridized carbons (Fsp3) is 0.714. The number of hydrogen-bond donors (Lipinski definition) is 0. The van der Waals surface area contributed by atoms with Crippen LogP contribution in [0.2, 0.25) is 0 Å². The molecule has 0 aromatic rings. The van der Waals surface area contributed by atoms with Gasteiger partial charge in [0.15, 0.2) is 4.58 Å². The lowest BCUT2D eigenvalue weighted by Crippen LogP contribution is -2.15. The summed E-state index contributed by atoms with van der Waals surface area (Å²) in [6.07, 6.45) is 2.06. The molecule has 0 spiro atoms. The number of hydrogen-bond acceptors (Lipinski definition) is 3. The van der Waals surface area contributed by atoms with E-state index in [0.29, 0.717) is 4.58 Å². The molecule has 0 saturated carbocycles. The van der Waals surface area contributed by atoms with Gasteiger partial charge in [0.2, 0.25) is 0 Å². The van der Waals surface area contributed by atoms with Gasteiger partial charge in [-0.25, -0.2) is 0 Å². The predicted molar refractivity (Wildman–Crippen MR) is 56.3 cm³/mol. The first kappa shape index (κ1) is 9.84. The highest BCUT2D eigenvalue weighted by atomic mass is 32.3. The molecular formula is C7H12OS3. The Morgan fingerprint density at radius 2 is 2.27 bits per heavy atom. The standard InChI is InChI=1S/C7H12OS3/c1-5-6(2)11(8)7(10-5)4-9-3/h7H,4H2,1-3H3. The zero-order chi connectivity index (χ0) is 8.43. The van der Waals surface area contributed by atoms with Crippen LogP contribution in [0.15, 0.2) is 9.81 Å². The second-order valence-corrected chi connectivity index (χ2v) is 6.81. The fourth-order valence-electron chi connectivity index (χ4n) is 0.895. The molecule has 0 amide bonds.